The first kappa shape index (κ1) is 71.5. The van der Waals surface area contributed by atoms with Gasteiger partial charge in [0, 0.05) is 0 Å². The van der Waals surface area contributed by atoms with Crippen LogP contribution in [0.1, 0.15) is 163 Å². The van der Waals surface area contributed by atoms with Gasteiger partial charge in [0.05, 0.1) is 0 Å². The maximum atomic E-state index is 3.53. The Morgan fingerprint density at radius 1 is 0.360 bits per heavy atom. The fourth-order valence-corrected chi connectivity index (χ4v) is 13.1. The van der Waals surface area contributed by atoms with E-state index in [4.69, 9.17) is 0 Å². The van der Waals surface area contributed by atoms with Crippen molar-refractivity contribution in [1.29, 1.82) is 0 Å². The number of rotatable bonds is 8. The molecule has 0 aromatic heterocycles. The van der Waals surface area contributed by atoms with Gasteiger partial charge in [-0.25, -0.2) is 24.3 Å². The molecule has 0 heterocycles. The van der Waals surface area contributed by atoms with Gasteiger partial charge in [0.2, 0.25) is 0 Å². The average molecular weight is 1500 g/mol. The van der Waals surface area contributed by atoms with E-state index < -0.39 is 0 Å². The fourth-order valence-electron chi connectivity index (χ4n) is 10.1. The van der Waals surface area contributed by atoms with Gasteiger partial charge in [-0.3, -0.25) is 12.2 Å². The quantitative estimate of drug-likeness (QED) is 0.105. The van der Waals surface area contributed by atoms with Crippen LogP contribution in [0.5, 0.6) is 0 Å². The van der Waals surface area contributed by atoms with Crippen LogP contribution in [0.2, 0.25) is 0 Å². The van der Waals surface area contributed by atoms with Gasteiger partial charge in [0.15, 0.2) is 0 Å². The molecule has 4 aliphatic carbocycles. The van der Waals surface area contributed by atoms with Crippen molar-refractivity contribution in [3.8, 4) is 22.3 Å². The van der Waals surface area contributed by atoms with Gasteiger partial charge in [-0.05, 0) is 34.8 Å². The van der Waals surface area contributed by atoms with E-state index in [0.717, 1.165) is 51.4 Å². The van der Waals surface area contributed by atoms with Crippen molar-refractivity contribution in [3.05, 3.63) is 309 Å². The third-order valence-corrected chi connectivity index (χ3v) is 17.8. The number of benzene rings is 8. The summed E-state index contributed by atoms with van der Waals surface area (Å²) in [6, 6.07) is 73.1. The molecule has 0 aliphatic heterocycles. The van der Waals surface area contributed by atoms with Crippen LogP contribution in [-0.2, 0) is 108 Å². The van der Waals surface area contributed by atoms with Crippen molar-refractivity contribution in [1.82, 2.24) is 0 Å². The van der Waals surface area contributed by atoms with E-state index in [0.29, 0.717) is 0 Å². The molecule has 0 saturated heterocycles. The molecule has 440 valence electrons. The summed E-state index contributed by atoms with van der Waals surface area (Å²) in [4.78, 5) is 0. The molecule has 12 rings (SSSR count). The second-order valence-corrected chi connectivity index (χ2v) is 31.6. The Labute approximate surface area is 561 Å². The van der Waals surface area contributed by atoms with E-state index in [2.05, 4.69) is 302 Å². The van der Waals surface area contributed by atoms with Gasteiger partial charge in [-0.1, -0.05) is 153 Å². The predicted molar refractivity (Wildman–Crippen MR) is 356 cm³/mol. The Morgan fingerprint density at radius 3 is 0.872 bits per heavy atom. The number of hydrogen-bond donors (Lipinski definition) is 0. The minimum absolute atomic E-state index is 0. The SMILES string of the molecule is CC(C)(C)c1c[c-]c2c(c1)-c1cc(C(C)(C)C)ccc1C2.CC(C)(C)c1c[c-]c2c(c1)-c1cc(C(C)(C)C)ccc1C2.[C-]1=CC=CC1.[C-]1=CC=CC1.[Cl-].[Cl-].[Hf+2]=[C](Cc1ccccc1)Cc1ccccc1.[Hf+2]=[C](Cc1ccccc1)Cc1ccccc1. The molecule has 0 amide bonds. The van der Waals surface area contributed by atoms with Crippen molar-refractivity contribution in [2.75, 3.05) is 0 Å². The van der Waals surface area contributed by atoms with Crippen LogP contribution in [0, 0.1) is 24.3 Å². The molecular weight excluding hydrogens is 1410 g/mol. The van der Waals surface area contributed by atoms with Crippen LogP contribution in [0.15, 0.2) is 218 Å². The van der Waals surface area contributed by atoms with Crippen molar-refractivity contribution in [2.45, 2.75) is 156 Å². The third-order valence-electron chi connectivity index (χ3n) is 15.3. The van der Waals surface area contributed by atoms with Crippen LogP contribution in [0.4, 0.5) is 0 Å². The average Bonchev–Trinajstić information content (AvgIpc) is 2.64. The van der Waals surface area contributed by atoms with Gasteiger partial charge in [-0.15, -0.1) is 24.0 Å². The molecule has 0 nitrogen and oxygen atoms in total. The topological polar surface area (TPSA) is 0 Å². The summed E-state index contributed by atoms with van der Waals surface area (Å²) >= 11 is 2.35. The zero-order valence-electron chi connectivity index (χ0n) is 53.2. The summed E-state index contributed by atoms with van der Waals surface area (Å²) < 4.78 is 3.30. The Hall–Kier alpha value is -5.22. The molecule has 0 spiro atoms. The van der Waals surface area contributed by atoms with Crippen LogP contribution in [0.25, 0.3) is 22.3 Å². The van der Waals surface area contributed by atoms with Crippen molar-refractivity contribution in [3.63, 3.8) is 0 Å². The van der Waals surface area contributed by atoms with Crippen LogP contribution in [-0.4, -0.2) is 6.51 Å². The summed E-state index contributed by atoms with van der Waals surface area (Å²) in [7, 11) is 0. The molecule has 0 unspecified atom stereocenters. The molecule has 0 N–H and O–H groups in total. The van der Waals surface area contributed by atoms with Crippen molar-refractivity contribution < 1.29 is 72.6 Å². The zero-order valence-corrected chi connectivity index (χ0v) is 61.9. The minimum atomic E-state index is 0. The molecule has 4 aliphatic rings. The van der Waals surface area contributed by atoms with E-state index in [9.17, 15) is 0 Å². The summed E-state index contributed by atoms with van der Waals surface area (Å²) in [6.07, 6.45) is 26.6. The van der Waals surface area contributed by atoms with E-state index >= 15 is 0 Å². The van der Waals surface area contributed by atoms with Gasteiger partial charge in [-0.2, -0.15) is 70.8 Å². The Bertz CT molecular complexity index is 3070. The van der Waals surface area contributed by atoms with Gasteiger partial charge in [0.25, 0.3) is 0 Å². The molecule has 0 fully saturated rings. The first-order chi connectivity index (χ1) is 40.0. The standard InChI is InChI=1S/2C21H25.2C15H14.2C5H5.2ClH.2Hf/c2*1-20(2,3)16-9-7-14-11-15-8-10-17(21(4,5)6)13-19(15)18(14)12-16;2*1-3-8-14(9-4-1)12-7-13-15-10-5-2-6-11-15;2*1-2-4-5-3-1;;;;/h2*7,9-10,12-13H,11H2,1-6H3;2*1-6,8-11H,12-13H2;2*1-3H,4H2;2*1H;;/q2*-1;;;2*-1;;;2*+2/p-2. The first-order valence-electron chi connectivity index (χ1n) is 30.1. The normalized spacial score (nSPS) is 12.7. The van der Waals surface area contributed by atoms with Crippen LogP contribution >= 0.6 is 0 Å². The Morgan fingerprint density at radius 2 is 0.640 bits per heavy atom. The van der Waals surface area contributed by atoms with E-state index in [1.165, 1.54) is 137 Å². The van der Waals surface area contributed by atoms with E-state index in [1.54, 1.807) is 6.51 Å². The van der Waals surface area contributed by atoms with Gasteiger partial charge in [0.1, 0.15) is 0 Å². The molecule has 0 atom stereocenters. The predicted octanol–water partition coefficient (Wildman–Crippen LogP) is 14.3. The molecule has 4 heteroatoms. The maximum absolute atomic E-state index is 3.53. The van der Waals surface area contributed by atoms with Crippen LogP contribution in [0.3, 0.4) is 0 Å². The number of fused-ring (bicyclic) bond motifs is 6. The number of halogens is 2. The second kappa shape index (κ2) is 33.9. The zero-order chi connectivity index (χ0) is 60.3. The van der Waals surface area contributed by atoms with Crippen LogP contribution < -0.4 is 24.8 Å². The van der Waals surface area contributed by atoms with Crippen molar-refractivity contribution >= 4 is 6.51 Å². The molecular formula is C82H88Cl2Hf2-2. The van der Waals surface area contributed by atoms with Crippen molar-refractivity contribution in [2.24, 2.45) is 0 Å². The molecule has 86 heavy (non-hydrogen) atoms. The first-order valence-corrected chi connectivity index (χ1v) is 33.7. The third kappa shape index (κ3) is 22.7. The molecule has 0 saturated carbocycles. The molecule has 0 bridgehead atoms. The van der Waals surface area contributed by atoms with Gasteiger partial charge < -0.3 is 24.8 Å². The second-order valence-electron chi connectivity index (χ2n) is 26.5. The summed E-state index contributed by atoms with van der Waals surface area (Å²) in [5.74, 6) is 0. The monoisotopic (exact) mass is 1500 g/mol. The Balaban J connectivity index is 0.000000198. The molecule has 8 aromatic rings. The number of hydrogen-bond acceptors (Lipinski definition) is 0. The van der Waals surface area contributed by atoms with E-state index in [-0.39, 0.29) is 46.5 Å². The Kier molecular flexibility index (Phi) is 28.2. The van der Waals surface area contributed by atoms with Gasteiger partial charge >= 0.3 is 224 Å². The number of allylic oxidation sites excluding steroid dienone is 8. The van der Waals surface area contributed by atoms with E-state index in [1.807, 2.05) is 24.3 Å². The fraction of sp³-hybridized carbons (Fsp3) is 0.293. The summed E-state index contributed by atoms with van der Waals surface area (Å²) in [5.41, 5.74) is 23.3. The summed E-state index contributed by atoms with van der Waals surface area (Å²) in [5, 5.41) is 0. The molecule has 8 aromatic carbocycles. The summed E-state index contributed by atoms with van der Waals surface area (Å²) in [6.45, 7) is 27.3. The molecule has 0 radical (unpaired) electrons.